The van der Waals surface area contributed by atoms with Crippen molar-refractivity contribution in [2.75, 3.05) is 6.61 Å². The molecule has 0 N–H and O–H groups in total. The van der Waals surface area contributed by atoms with Gasteiger partial charge in [0.15, 0.2) is 6.10 Å². The minimum absolute atomic E-state index is 0.330. The van der Waals surface area contributed by atoms with E-state index in [9.17, 15) is 4.79 Å². The maximum atomic E-state index is 12.1. The fraction of sp³-hybridized carbons (Fsp3) is 0.333. The lowest BCUT2D eigenvalue weighted by Crippen LogP contribution is -2.29. The first kappa shape index (κ1) is 19.8. The average Bonchev–Trinajstić information content (AvgIpc) is 2.65. The minimum atomic E-state index is -0.592. The van der Waals surface area contributed by atoms with Gasteiger partial charge in [0, 0.05) is 0 Å². The van der Waals surface area contributed by atoms with Crippen LogP contribution in [0.4, 0.5) is 0 Å². The molecule has 0 heterocycles. The second-order valence-electron chi connectivity index (χ2n) is 5.83. The highest BCUT2D eigenvalue weighted by molar-refractivity contribution is 6.32. The van der Waals surface area contributed by atoms with Crippen molar-refractivity contribution in [1.29, 1.82) is 5.26 Å². The van der Waals surface area contributed by atoms with Crippen molar-refractivity contribution in [3.8, 4) is 22.9 Å². The number of hydrogen-bond acceptors (Lipinski definition) is 4. The number of esters is 1. The number of unbranched alkanes of at least 4 members (excludes halogenated alkanes) is 1. The first-order valence-electron chi connectivity index (χ1n) is 8.72. The molecule has 0 amide bonds. The molecule has 0 aliphatic heterocycles. The van der Waals surface area contributed by atoms with Crippen LogP contribution in [0.1, 0.15) is 38.7 Å². The van der Waals surface area contributed by atoms with E-state index < -0.39 is 6.10 Å². The van der Waals surface area contributed by atoms with Crippen molar-refractivity contribution < 1.29 is 14.3 Å². The molecule has 4 nitrogen and oxygen atoms in total. The number of nitriles is 1. The maximum absolute atomic E-state index is 12.1. The van der Waals surface area contributed by atoms with Crippen molar-refractivity contribution in [3.05, 3.63) is 53.1 Å². The molecule has 2 aromatic rings. The molecule has 2 aromatic carbocycles. The standard InChI is InChI=1S/C21H22ClNO3/c1-3-5-6-20(21(24)25-4-2)26-18-11-9-15(10-12-18)16-7-8-17(14-23)19(22)13-16/h7-13,20H,3-6H2,1-2H3. The van der Waals surface area contributed by atoms with E-state index in [1.807, 2.05) is 36.4 Å². The Morgan fingerprint density at radius 1 is 1.15 bits per heavy atom. The average molecular weight is 372 g/mol. The summed E-state index contributed by atoms with van der Waals surface area (Å²) in [6.07, 6.45) is 1.91. The zero-order chi connectivity index (χ0) is 18.9. The van der Waals surface area contributed by atoms with Crippen LogP contribution in [0.2, 0.25) is 5.02 Å². The van der Waals surface area contributed by atoms with Crippen LogP contribution in [0.15, 0.2) is 42.5 Å². The molecular formula is C21H22ClNO3. The number of halogens is 1. The van der Waals surface area contributed by atoms with E-state index in [-0.39, 0.29) is 5.97 Å². The van der Waals surface area contributed by atoms with Crippen LogP contribution < -0.4 is 4.74 Å². The van der Waals surface area contributed by atoms with Crippen molar-refractivity contribution in [2.45, 2.75) is 39.2 Å². The van der Waals surface area contributed by atoms with E-state index in [1.54, 1.807) is 19.1 Å². The molecule has 5 heteroatoms. The number of benzene rings is 2. The third-order valence-corrected chi connectivity index (χ3v) is 4.24. The lowest BCUT2D eigenvalue weighted by molar-refractivity contribution is -0.151. The molecule has 0 fully saturated rings. The molecule has 0 radical (unpaired) electrons. The highest BCUT2D eigenvalue weighted by atomic mass is 35.5. The fourth-order valence-electron chi connectivity index (χ4n) is 2.53. The highest BCUT2D eigenvalue weighted by Gasteiger charge is 2.21. The molecular weight excluding hydrogens is 350 g/mol. The summed E-state index contributed by atoms with van der Waals surface area (Å²) in [6.45, 7) is 4.19. The van der Waals surface area contributed by atoms with Gasteiger partial charge in [-0.15, -0.1) is 0 Å². The second kappa shape index (κ2) is 9.84. The quantitative estimate of drug-likeness (QED) is 0.584. The van der Waals surface area contributed by atoms with Gasteiger partial charge in [0.05, 0.1) is 17.2 Å². The summed E-state index contributed by atoms with van der Waals surface area (Å²) in [4.78, 5) is 12.1. The lowest BCUT2D eigenvalue weighted by Gasteiger charge is -2.17. The van der Waals surface area contributed by atoms with Crippen molar-refractivity contribution in [2.24, 2.45) is 0 Å². The first-order valence-corrected chi connectivity index (χ1v) is 9.10. The number of ether oxygens (including phenoxy) is 2. The smallest absolute Gasteiger partial charge is 0.347 e. The van der Waals surface area contributed by atoms with Crippen LogP contribution in [0.3, 0.4) is 0 Å². The second-order valence-corrected chi connectivity index (χ2v) is 6.24. The number of nitrogens with zero attached hydrogens (tertiary/aromatic N) is 1. The number of carbonyl (C=O) groups is 1. The molecule has 0 aliphatic rings. The molecule has 1 atom stereocenters. The van der Waals surface area contributed by atoms with Gasteiger partial charge in [0.2, 0.25) is 0 Å². The highest BCUT2D eigenvalue weighted by Crippen LogP contribution is 2.27. The Morgan fingerprint density at radius 2 is 1.85 bits per heavy atom. The Hall–Kier alpha value is -2.51. The zero-order valence-electron chi connectivity index (χ0n) is 15.0. The summed E-state index contributed by atoms with van der Waals surface area (Å²) in [5.41, 5.74) is 2.31. The molecule has 0 bridgehead atoms. The lowest BCUT2D eigenvalue weighted by atomic mass is 10.0. The topological polar surface area (TPSA) is 59.3 Å². The van der Waals surface area contributed by atoms with Gasteiger partial charge in [0.25, 0.3) is 0 Å². The summed E-state index contributed by atoms with van der Waals surface area (Å²) in [5.74, 6) is 0.284. The van der Waals surface area contributed by atoms with Gasteiger partial charge < -0.3 is 9.47 Å². The van der Waals surface area contributed by atoms with Crippen LogP contribution in [0.25, 0.3) is 11.1 Å². The molecule has 0 aromatic heterocycles. The van der Waals surface area contributed by atoms with Gasteiger partial charge in [-0.3, -0.25) is 0 Å². The molecule has 1 unspecified atom stereocenters. The van der Waals surface area contributed by atoms with E-state index in [4.69, 9.17) is 26.3 Å². The number of carbonyl (C=O) groups excluding carboxylic acids is 1. The molecule has 0 saturated carbocycles. The van der Waals surface area contributed by atoms with Crippen molar-refractivity contribution in [3.63, 3.8) is 0 Å². The van der Waals surface area contributed by atoms with E-state index in [0.717, 1.165) is 24.0 Å². The predicted octanol–water partition coefficient (Wildman–Crippen LogP) is 5.38. The SMILES string of the molecule is CCCCC(Oc1ccc(-c2ccc(C#N)c(Cl)c2)cc1)C(=O)OCC. The van der Waals surface area contributed by atoms with Gasteiger partial charge in [0.1, 0.15) is 11.8 Å². The Labute approximate surface area is 159 Å². The number of rotatable bonds is 8. The molecule has 2 rings (SSSR count). The van der Waals surface area contributed by atoms with Crippen LogP contribution in [0.5, 0.6) is 5.75 Å². The van der Waals surface area contributed by atoms with E-state index in [2.05, 4.69) is 6.92 Å². The van der Waals surface area contributed by atoms with Gasteiger partial charge in [-0.1, -0.05) is 43.1 Å². The summed E-state index contributed by atoms with van der Waals surface area (Å²) in [6, 6.07) is 14.8. The van der Waals surface area contributed by atoms with Crippen LogP contribution >= 0.6 is 11.6 Å². The minimum Gasteiger partial charge on any atom is -0.479 e. The predicted molar refractivity (Wildman–Crippen MR) is 102 cm³/mol. The Morgan fingerprint density at radius 3 is 2.42 bits per heavy atom. The van der Waals surface area contributed by atoms with Crippen LogP contribution in [0, 0.1) is 11.3 Å². The zero-order valence-corrected chi connectivity index (χ0v) is 15.8. The number of hydrogen-bond donors (Lipinski definition) is 0. The van der Waals surface area contributed by atoms with Gasteiger partial charge in [-0.2, -0.15) is 5.26 Å². The van der Waals surface area contributed by atoms with E-state index in [0.29, 0.717) is 29.4 Å². The van der Waals surface area contributed by atoms with Crippen LogP contribution in [-0.4, -0.2) is 18.7 Å². The summed E-state index contributed by atoms with van der Waals surface area (Å²) in [7, 11) is 0. The summed E-state index contributed by atoms with van der Waals surface area (Å²) in [5, 5.41) is 9.38. The van der Waals surface area contributed by atoms with Crippen LogP contribution in [-0.2, 0) is 9.53 Å². The Kier molecular flexibility index (Phi) is 7.50. The van der Waals surface area contributed by atoms with Crippen molar-refractivity contribution >= 4 is 17.6 Å². The molecule has 0 spiro atoms. The fourth-order valence-corrected chi connectivity index (χ4v) is 2.75. The third kappa shape index (κ3) is 5.24. The molecule has 0 saturated heterocycles. The maximum Gasteiger partial charge on any atom is 0.347 e. The summed E-state index contributed by atoms with van der Waals surface area (Å²) >= 11 is 6.09. The Balaban J connectivity index is 2.13. The van der Waals surface area contributed by atoms with Gasteiger partial charge in [-0.05, 0) is 55.2 Å². The Bertz CT molecular complexity index is 781. The molecule has 26 heavy (non-hydrogen) atoms. The van der Waals surface area contributed by atoms with E-state index in [1.165, 1.54) is 0 Å². The monoisotopic (exact) mass is 371 g/mol. The first-order chi connectivity index (χ1) is 12.6. The molecule has 136 valence electrons. The molecule has 0 aliphatic carbocycles. The van der Waals surface area contributed by atoms with Gasteiger partial charge >= 0.3 is 5.97 Å². The summed E-state index contributed by atoms with van der Waals surface area (Å²) < 4.78 is 10.9. The third-order valence-electron chi connectivity index (χ3n) is 3.92. The normalized spacial score (nSPS) is 11.5. The largest absolute Gasteiger partial charge is 0.479 e. The van der Waals surface area contributed by atoms with Crippen molar-refractivity contribution in [1.82, 2.24) is 0 Å². The van der Waals surface area contributed by atoms with Gasteiger partial charge in [-0.25, -0.2) is 4.79 Å². The van der Waals surface area contributed by atoms with E-state index >= 15 is 0 Å².